The molecule has 0 radical (unpaired) electrons. The van der Waals surface area contributed by atoms with Crippen molar-refractivity contribution in [3.63, 3.8) is 0 Å². The standard InChI is InChI=1S/C27H48O4/c1-15(2)10-19(29)11-16(3)20-6-7-21-25-22(14-24(31)27(20,21)5)26(4)9-8-18(28)12-17(26)13-23(25)30/h15-25,28-31H,6-14H2,1-5H3/t16-,17+,18-,19-,20?,21+,22+,23-,24+,25?,26+,27-/m1/s1. The van der Waals surface area contributed by atoms with Crippen LogP contribution in [0.5, 0.6) is 0 Å². The maximum absolute atomic E-state index is 11.6. The molecule has 0 amide bonds. The first-order valence-electron chi connectivity index (χ1n) is 13.2. The third-order valence-electron chi connectivity index (χ3n) is 10.9. The molecule has 4 heteroatoms. The number of hydrogen-bond donors (Lipinski definition) is 4. The molecule has 4 aliphatic carbocycles. The number of rotatable bonds is 5. The van der Waals surface area contributed by atoms with Crippen LogP contribution < -0.4 is 0 Å². The van der Waals surface area contributed by atoms with Crippen LogP contribution in [0, 0.1) is 52.3 Å². The van der Waals surface area contributed by atoms with Crippen LogP contribution in [0.1, 0.15) is 92.4 Å². The van der Waals surface area contributed by atoms with Crippen LogP contribution in [-0.2, 0) is 0 Å². The molecule has 180 valence electrons. The summed E-state index contributed by atoms with van der Waals surface area (Å²) in [5.74, 6) is 2.62. The van der Waals surface area contributed by atoms with Gasteiger partial charge in [0.1, 0.15) is 0 Å². The Balaban J connectivity index is 1.56. The summed E-state index contributed by atoms with van der Waals surface area (Å²) < 4.78 is 0. The summed E-state index contributed by atoms with van der Waals surface area (Å²) in [6.07, 6.45) is 6.98. The molecule has 0 heterocycles. The van der Waals surface area contributed by atoms with E-state index in [1.807, 2.05) is 0 Å². The maximum atomic E-state index is 11.6. The van der Waals surface area contributed by atoms with Gasteiger partial charge in [-0.15, -0.1) is 0 Å². The first-order chi connectivity index (χ1) is 14.5. The second kappa shape index (κ2) is 8.56. The van der Waals surface area contributed by atoms with Crippen molar-refractivity contribution in [1.29, 1.82) is 0 Å². The van der Waals surface area contributed by atoms with E-state index >= 15 is 0 Å². The first-order valence-corrected chi connectivity index (χ1v) is 13.2. The molecule has 0 saturated heterocycles. The van der Waals surface area contributed by atoms with Crippen molar-refractivity contribution >= 4 is 0 Å². The Morgan fingerprint density at radius 1 is 0.871 bits per heavy atom. The van der Waals surface area contributed by atoms with Crippen molar-refractivity contribution in [1.82, 2.24) is 0 Å². The monoisotopic (exact) mass is 436 g/mol. The summed E-state index contributed by atoms with van der Waals surface area (Å²) in [5.41, 5.74) is -0.0426. The number of aliphatic hydroxyl groups excluding tert-OH is 4. The van der Waals surface area contributed by atoms with Gasteiger partial charge in [-0.1, -0.05) is 34.6 Å². The van der Waals surface area contributed by atoms with E-state index in [1.54, 1.807) is 0 Å². The second-order valence-corrected chi connectivity index (χ2v) is 13.0. The molecule has 4 rings (SSSR count). The van der Waals surface area contributed by atoms with E-state index in [4.69, 9.17) is 0 Å². The molecule has 4 saturated carbocycles. The number of aliphatic hydroxyl groups is 4. The number of fused-ring (bicyclic) bond motifs is 5. The summed E-state index contributed by atoms with van der Waals surface area (Å²) in [5, 5.41) is 43.8. The van der Waals surface area contributed by atoms with Gasteiger partial charge in [0, 0.05) is 0 Å². The van der Waals surface area contributed by atoms with Crippen molar-refractivity contribution in [2.75, 3.05) is 0 Å². The molecule has 0 bridgehead atoms. The van der Waals surface area contributed by atoms with Crippen molar-refractivity contribution < 1.29 is 20.4 Å². The molecule has 0 aromatic heterocycles. The molecule has 12 atom stereocenters. The summed E-state index contributed by atoms with van der Waals surface area (Å²) >= 11 is 0. The van der Waals surface area contributed by atoms with E-state index in [-0.39, 0.29) is 41.2 Å². The molecule has 0 aromatic carbocycles. The molecule has 4 nitrogen and oxygen atoms in total. The summed E-state index contributed by atoms with van der Waals surface area (Å²) in [6, 6.07) is 0. The lowest BCUT2D eigenvalue weighted by Gasteiger charge is -2.63. The molecule has 4 fully saturated rings. The van der Waals surface area contributed by atoms with Crippen molar-refractivity contribution in [3.05, 3.63) is 0 Å². The predicted molar refractivity (Wildman–Crippen MR) is 123 cm³/mol. The topological polar surface area (TPSA) is 80.9 Å². The Morgan fingerprint density at radius 2 is 1.58 bits per heavy atom. The van der Waals surface area contributed by atoms with Crippen LogP contribution in [0.2, 0.25) is 0 Å². The largest absolute Gasteiger partial charge is 0.393 e. The van der Waals surface area contributed by atoms with Crippen molar-refractivity contribution in [2.24, 2.45) is 52.3 Å². The molecule has 31 heavy (non-hydrogen) atoms. The fraction of sp³-hybridized carbons (Fsp3) is 1.00. The zero-order valence-corrected chi connectivity index (χ0v) is 20.5. The lowest BCUT2D eigenvalue weighted by molar-refractivity contribution is -0.207. The highest BCUT2D eigenvalue weighted by Gasteiger charge is 2.65. The minimum absolute atomic E-state index is 0.128. The van der Waals surface area contributed by atoms with Gasteiger partial charge >= 0.3 is 0 Å². The van der Waals surface area contributed by atoms with Crippen molar-refractivity contribution in [2.45, 2.75) is 117 Å². The van der Waals surface area contributed by atoms with Gasteiger partial charge in [0.15, 0.2) is 0 Å². The molecular formula is C27H48O4. The van der Waals surface area contributed by atoms with Crippen LogP contribution in [-0.4, -0.2) is 44.8 Å². The van der Waals surface area contributed by atoms with Gasteiger partial charge in [-0.05, 0) is 110 Å². The molecule has 0 spiro atoms. The van der Waals surface area contributed by atoms with E-state index in [1.165, 1.54) is 0 Å². The smallest absolute Gasteiger partial charge is 0.0602 e. The molecular weight excluding hydrogens is 388 g/mol. The van der Waals surface area contributed by atoms with Gasteiger partial charge in [0.25, 0.3) is 0 Å². The Labute approximate surface area is 189 Å². The summed E-state index contributed by atoms with van der Waals surface area (Å²) in [4.78, 5) is 0. The van der Waals surface area contributed by atoms with Gasteiger partial charge in [0.05, 0.1) is 24.4 Å². The van der Waals surface area contributed by atoms with E-state index in [0.717, 1.165) is 57.8 Å². The van der Waals surface area contributed by atoms with Gasteiger partial charge in [-0.2, -0.15) is 0 Å². The molecule has 0 aromatic rings. The van der Waals surface area contributed by atoms with Crippen LogP contribution in [0.15, 0.2) is 0 Å². The minimum Gasteiger partial charge on any atom is -0.393 e. The third kappa shape index (κ3) is 3.92. The lowest BCUT2D eigenvalue weighted by atomic mass is 9.43. The Morgan fingerprint density at radius 3 is 2.26 bits per heavy atom. The fourth-order valence-electron chi connectivity index (χ4n) is 9.37. The van der Waals surface area contributed by atoms with E-state index in [9.17, 15) is 20.4 Å². The zero-order valence-electron chi connectivity index (χ0n) is 20.5. The SMILES string of the molecule is CC(C)C[C@@H](O)C[C@@H](C)C1CC[C@H]2C3[C@H](O)C[C@@H]4C[C@H](O)CC[C@]4(C)[C@H]3C[C@H](O)[C@]12C. The maximum Gasteiger partial charge on any atom is 0.0602 e. The average Bonchev–Trinajstić information content (AvgIpc) is 3.02. The average molecular weight is 437 g/mol. The molecule has 2 unspecified atom stereocenters. The van der Waals surface area contributed by atoms with E-state index in [0.29, 0.717) is 35.5 Å². The highest BCUT2D eigenvalue weighted by molar-refractivity contribution is 5.14. The third-order valence-corrected chi connectivity index (χ3v) is 10.9. The predicted octanol–water partition coefficient (Wildman–Crippen LogP) is 4.38. The van der Waals surface area contributed by atoms with Crippen LogP contribution in [0.4, 0.5) is 0 Å². The Hall–Kier alpha value is -0.160. The second-order valence-electron chi connectivity index (χ2n) is 13.0. The van der Waals surface area contributed by atoms with Gasteiger partial charge in [0.2, 0.25) is 0 Å². The van der Waals surface area contributed by atoms with E-state index in [2.05, 4.69) is 34.6 Å². The first kappa shape index (κ1) is 24.0. The molecule has 4 aliphatic rings. The Kier molecular flexibility index (Phi) is 6.62. The number of hydrogen-bond acceptors (Lipinski definition) is 4. The summed E-state index contributed by atoms with van der Waals surface area (Å²) in [6.45, 7) is 11.3. The van der Waals surface area contributed by atoms with Crippen LogP contribution in [0.3, 0.4) is 0 Å². The van der Waals surface area contributed by atoms with Gasteiger partial charge in [-0.25, -0.2) is 0 Å². The lowest BCUT2D eigenvalue weighted by Crippen LogP contribution is -2.62. The van der Waals surface area contributed by atoms with Crippen LogP contribution in [0.25, 0.3) is 0 Å². The Bertz CT molecular complexity index is 637. The quantitative estimate of drug-likeness (QED) is 0.515. The van der Waals surface area contributed by atoms with Crippen LogP contribution >= 0.6 is 0 Å². The fourth-order valence-corrected chi connectivity index (χ4v) is 9.37. The van der Waals surface area contributed by atoms with Gasteiger partial charge in [-0.3, -0.25) is 0 Å². The van der Waals surface area contributed by atoms with Crippen molar-refractivity contribution in [3.8, 4) is 0 Å². The summed E-state index contributed by atoms with van der Waals surface area (Å²) in [7, 11) is 0. The minimum atomic E-state index is -0.342. The normalized spacial score (nSPS) is 51.7. The highest BCUT2D eigenvalue weighted by Crippen LogP contribution is 2.68. The zero-order chi connectivity index (χ0) is 22.7. The highest BCUT2D eigenvalue weighted by atomic mass is 16.3. The van der Waals surface area contributed by atoms with Gasteiger partial charge < -0.3 is 20.4 Å². The molecule has 0 aliphatic heterocycles. The molecule has 4 N–H and O–H groups in total. The van der Waals surface area contributed by atoms with E-state index < -0.39 is 0 Å².